The molecule has 22 heavy (non-hydrogen) atoms. The third-order valence-electron chi connectivity index (χ3n) is 3.52. The van der Waals surface area contributed by atoms with Crippen LogP contribution in [0.1, 0.15) is 48.2 Å². The molecule has 5 nitrogen and oxygen atoms in total. The average Bonchev–Trinajstić information content (AvgIpc) is 2.44. The van der Waals surface area contributed by atoms with Crippen molar-refractivity contribution in [2.75, 3.05) is 0 Å². The maximum atomic E-state index is 12.2. The van der Waals surface area contributed by atoms with Gasteiger partial charge < -0.3 is 10.4 Å². The molecule has 0 aliphatic heterocycles. The Labute approximate surface area is 130 Å². The first-order valence-corrected chi connectivity index (χ1v) is 7.35. The van der Waals surface area contributed by atoms with Gasteiger partial charge in [-0.2, -0.15) is 0 Å². The zero-order valence-electron chi connectivity index (χ0n) is 13.5. The molecule has 0 fully saturated rings. The van der Waals surface area contributed by atoms with Crippen molar-refractivity contribution < 1.29 is 19.5 Å². The van der Waals surface area contributed by atoms with Gasteiger partial charge in [-0.25, -0.2) is 4.79 Å². The van der Waals surface area contributed by atoms with Gasteiger partial charge in [-0.15, -0.1) is 0 Å². The van der Waals surface area contributed by atoms with Crippen molar-refractivity contribution in [3.63, 3.8) is 0 Å². The molecule has 1 aromatic carbocycles. The SMILES string of the molecule is Cc1ccc(C)c(C(=O)CCC(=O)N[C@@H](C(=O)O)C(C)C)c1. The van der Waals surface area contributed by atoms with Crippen molar-refractivity contribution in [3.05, 3.63) is 34.9 Å². The van der Waals surface area contributed by atoms with Crippen LogP contribution in [-0.2, 0) is 9.59 Å². The summed E-state index contributed by atoms with van der Waals surface area (Å²) in [5.74, 6) is -1.80. The van der Waals surface area contributed by atoms with Gasteiger partial charge in [0, 0.05) is 18.4 Å². The Balaban J connectivity index is 2.62. The van der Waals surface area contributed by atoms with E-state index in [9.17, 15) is 14.4 Å². The van der Waals surface area contributed by atoms with Gasteiger partial charge in [-0.1, -0.05) is 31.5 Å². The summed E-state index contributed by atoms with van der Waals surface area (Å²) in [6.45, 7) is 7.20. The lowest BCUT2D eigenvalue weighted by atomic mass is 9.99. The number of aryl methyl sites for hydroxylation is 2. The monoisotopic (exact) mass is 305 g/mol. The number of carbonyl (C=O) groups excluding carboxylic acids is 2. The standard InChI is InChI=1S/C17H23NO4/c1-10(2)16(17(21)22)18-15(20)8-7-14(19)13-9-11(3)5-6-12(13)4/h5-6,9-10,16H,7-8H2,1-4H3,(H,18,20)(H,21,22)/t16-/m1/s1. The van der Waals surface area contributed by atoms with Crippen LogP contribution in [0.3, 0.4) is 0 Å². The molecule has 0 aliphatic rings. The Hall–Kier alpha value is -2.17. The Morgan fingerprint density at radius 1 is 1.14 bits per heavy atom. The molecule has 0 saturated heterocycles. The Kier molecular flexibility index (Phi) is 6.28. The number of ketones is 1. The molecule has 0 spiro atoms. The number of Topliss-reactive ketones (excluding diaryl/α,β-unsaturated/α-hetero) is 1. The number of hydrogen-bond acceptors (Lipinski definition) is 3. The number of carbonyl (C=O) groups is 3. The van der Waals surface area contributed by atoms with Crippen LogP contribution in [0.15, 0.2) is 18.2 Å². The highest BCUT2D eigenvalue weighted by molar-refractivity contribution is 5.99. The summed E-state index contributed by atoms with van der Waals surface area (Å²) >= 11 is 0. The summed E-state index contributed by atoms with van der Waals surface area (Å²) in [5, 5.41) is 11.5. The molecule has 5 heteroatoms. The quantitative estimate of drug-likeness (QED) is 0.758. The third-order valence-corrected chi connectivity index (χ3v) is 3.52. The maximum Gasteiger partial charge on any atom is 0.326 e. The van der Waals surface area contributed by atoms with Crippen molar-refractivity contribution in [1.29, 1.82) is 0 Å². The van der Waals surface area contributed by atoms with E-state index in [2.05, 4.69) is 5.32 Å². The number of rotatable bonds is 7. The number of aliphatic carboxylic acids is 1. The molecule has 1 amide bonds. The van der Waals surface area contributed by atoms with Crippen molar-refractivity contribution >= 4 is 17.7 Å². The Morgan fingerprint density at radius 3 is 2.32 bits per heavy atom. The second-order valence-electron chi connectivity index (χ2n) is 5.87. The first-order chi connectivity index (χ1) is 10.2. The summed E-state index contributed by atoms with van der Waals surface area (Å²) < 4.78 is 0. The van der Waals surface area contributed by atoms with Crippen LogP contribution in [0.4, 0.5) is 0 Å². The Bertz CT molecular complexity index is 578. The van der Waals surface area contributed by atoms with E-state index < -0.39 is 17.9 Å². The number of hydrogen-bond donors (Lipinski definition) is 2. The molecule has 0 radical (unpaired) electrons. The fourth-order valence-corrected chi connectivity index (χ4v) is 2.16. The number of carboxylic acid groups (broad SMARTS) is 1. The van der Waals surface area contributed by atoms with E-state index in [1.165, 1.54) is 0 Å². The summed E-state index contributed by atoms with van der Waals surface area (Å²) in [5.41, 5.74) is 2.48. The summed E-state index contributed by atoms with van der Waals surface area (Å²) in [6.07, 6.45) is 0.0588. The Morgan fingerprint density at radius 2 is 1.77 bits per heavy atom. The highest BCUT2D eigenvalue weighted by atomic mass is 16.4. The number of carboxylic acids is 1. The molecule has 120 valence electrons. The minimum Gasteiger partial charge on any atom is -0.480 e. The van der Waals surface area contributed by atoms with Crippen LogP contribution in [-0.4, -0.2) is 28.8 Å². The predicted molar refractivity (Wildman–Crippen MR) is 83.9 cm³/mol. The van der Waals surface area contributed by atoms with E-state index in [-0.39, 0.29) is 24.5 Å². The van der Waals surface area contributed by atoms with Crippen molar-refractivity contribution in [1.82, 2.24) is 5.32 Å². The van der Waals surface area contributed by atoms with Crippen molar-refractivity contribution in [2.45, 2.75) is 46.6 Å². The van der Waals surface area contributed by atoms with E-state index in [4.69, 9.17) is 5.11 Å². The van der Waals surface area contributed by atoms with Gasteiger partial charge in [0.1, 0.15) is 6.04 Å². The highest BCUT2D eigenvalue weighted by Gasteiger charge is 2.23. The molecule has 1 atom stereocenters. The topological polar surface area (TPSA) is 83.5 Å². The van der Waals surface area contributed by atoms with Gasteiger partial charge in [0.2, 0.25) is 5.91 Å². The predicted octanol–water partition coefficient (Wildman–Crippen LogP) is 2.49. The maximum absolute atomic E-state index is 12.2. The van der Waals surface area contributed by atoms with Crippen molar-refractivity contribution in [3.8, 4) is 0 Å². The van der Waals surface area contributed by atoms with Gasteiger partial charge in [-0.3, -0.25) is 9.59 Å². The fraction of sp³-hybridized carbons (Fsp3) is 0.471. The molecule has 0 aliphatic carbocycles. The van der Waals surface area contributed by atoms with Gasteiger partial charge in [0.15, 0.2) is 5.78 Å². The first kappa shape index (κ1) is 17.9. The summed E-state index contributed by atoms with van der Waals surface area (Å²) in [7, 11) is 0. The molecule has 0 aromatic heterocycles. The first-order valence-electron chi connectivity index (χ1n) is 7.35. The molecular weight excluding hydrogens is 282 g/mol. The molecule has 0 bridgehead atoms. The molecule has 2 N–H and O–H groups in total. The zero-order chi connectivity index (χ0) is 16.9. The minimum absolute atomic E-state index is 0.0112. The second-order valence-corrected chi connectivity index (χ2v) is 5.87. The molecule has 0 heterocycles. The minimum atomic E-state index is -1.07. The molecular formula is C17H23NO4. The van der Waals surface area contributed by atoms with Gasteiger partial charge in [0.05, 0.1) is 0 Å². The highest BCUT2D eigenvalue weighted by Crippen LogP contribution is 2.14. The molecule has 0 unspecified atom stereocenters. The van der Waals surface area contributed by atoms with Crippen molar-refractivity contribution in [2.24, 2.45) is 5.92 Å². The smallest absolute Gasteiger partial charge is 0.326 e. The lowest BCUT2D eigenvalue weighted by Gasteiger charge is -2.17. The fourth-order valence-electron chi connectivity index (χ4n) is 2.16. The van der Waals surface area contributed by atoms with E-state index in [1.54, 1.807) is 13.8 Å². The lowest BCUT2D eigenvalue weighted by Crippen LogP contribution is -2.44. The number of benzene rings is 1. The molecule has 1 aromatic rings. The molecule has 0 saturated carbocycles. The number of nitrogens with one attached hydrogen (secondary N) is 1. The van der Waals surface area contributed by atoms with E-state index in [1.807, 2.05) is 32.0 Å². The summed E-state index contributed by atoms with van der Waals surface area (Å²) in [6, 6.07) is 4.69. The van der Waals surface area contributed by atoms with Crippen LogP contribution in [0.5, 0.6) is 0 Å². The molecule has 1 rings (SSSR count). The van der Waals surface area contributed by atoms with Crippen LogP contribution >= 0.6 is 0 Å². The zero-order valence-corrected chi connectivity index (χ0v) is 13.5. The average molecular weight is 305 g/mol. The normalized spacial score (nSPS) is 12.0. The second kappa shape index (κ2) is 7.73. The van der Waals surface area contributed by atoms with Crippen LogP contribution < -0.4 is 5.32 Å². The lowest BCUT2D eigenvalue weighted by molar-refractivity contribution is -0.143. The van der Waals surface area contributed by atoms with E-state index in [0.29, 0.717) is 5.56 Å². The van der Waals surface area contributed by atoms with E-state index in [0.717, 1.165) is 11.1 Å². The van der Waals surface area contributed by atoms with Gasteiger partial charge in [0.25, 0.3) is 0 Å². The van der Waals surface area contributed by atoms with Gasteiger partial charge in [-0.05, 0) is 31.4 Å². The van der Waals surface area contributed by atoms with Crippen LogP contribution in [0.25, 0.3) is 0 Å². The summed E-state index contributed by atoms with van der Waals surface area (Å²) in [4.78, 5) is 35.0. The van der Waals surface area contributed by atoms with Crippen LogP contribution in [0.2, 0.25) is 0 Å². The largest absolute Gasteiger partial charge is 0.480 e. The third kappa shape index (κ3) is 4.98. The number of amides is 1. The van der Waals surface area contributed by atoms with Crippen LogP contribution in [0, 0.1) is 19.8 Å². The van der Waals surface area contributed by atoms with Gasteiger partial charge >= 0.3 is 5.97 Å². The van der Waals surface area contributed by atoms with E-state index >= 15 is 0 Å².